The highest BCUT2D eigenvalue weighted by Crippen LogP contribution is 2.25. The largest absolute Gasteiger partial charge is 0.491 e. The number of ether oxygens (including phenoxy) is 1. The Morgan fingerprint density at radius 2 is 2.24 bits per heavy atom. The van der Waals surface area contributed by atoms with Crippen molar-refractivity contribution in [3.8, 4) is 5.75 Å². The van der Waals surface area contributed by atoms with Gasteiger partial charge in [-0.25, -0.2) is 9.97 Å². The summed E-state index contributed by atoms with van der Waals surface area (Å²) in [4.78, 5) is 12.4. The molecule has 0 aromatic carbocycles. The predicted octanol–water partition coefficient (Wildman–Crippen LogP) is 1.51. The van der Waals surface area contributed by atoms with Gasteiger partial charge in [-0.2, -0.15) is 0 Å². The zero-order valence-electron chi connectivity index (χ0n) is 9.84. The number of nitrogens with zero attached hydrogens (tertiary/aromatic N) is 3. The summed E-state index contributed by atoms with van der Waals surface area (Å²) in [5.74, 6) is 1.38. The summed E-state index contributed by atoms with van der Waals surface area (Å²) >= 11 is 0. The molecule has 0 aliphatic rings. The molecule has 0 saturated carbocycles. The quantitative estimate of drug-likeness (QED) is 0.862. The first-order valence-electron chi connectivity index (χ1n) is 5.29. The molecule has 0 saturated heterocycles. The van der Waals surface area contributed by atoms with Crippen molar-refractivity contribution >= 4 is 5.82 Å². The minimum absolute atomic E-state index is 0.675. The van der Waals surface area contributed by atoms with Crippen molar-refractivity contribution in [2.24, 2.45) is 0 Å². The van der Waals surface area contributed by atoms with E-state index in [1.807, 2.05) is 18.3 Å². The van der Waals surface area contributed by atoms with Gasteiger partial charge in [-0.05, 0) is 11.6 Å². The van der Waals surface area contributed by atoms with Gasteiger partial charge in [0.2, 0.25) is 0 Å². The third-order valence-corrected chi connectivity index (χ3v) is 2.41. The fourth-order valence-corrected chi connectivity index (χ4v) is 1.62. The van der Waals surface area contributed by atoms with Crippen molar-refractivity contribution in [1.82, 2.24) is 15.0 Å². The number of hydrogen-bond donors (Lipinski definition) is 1. The van der Waals surface area contributed by atoms with Gasteiger partial charge >= 0.3 is 0 Å². The van der Waals surface area contributed by atoms with Crippen LogP contribution in [-0.2, 0) is 6.42 Å². The van der Waals surface area contributed by atoms with Gasteiger partial charge in [-0.15, -0.1) is 0 Å². The third-order valence-electron chi connectivity index (χ3n) is 2.41. The summed E-state index contributed by atoms with van der Waals surface area (Å²) < 4.78 is 5.33. The van der Waals surface area contributed by atoms with E-state index in [0.29, 0.717) is 18.0 Å². The van der Waals surface area contributed by atoms with E-state index in [9.17, 15) is 0 Å². The summed E-state index contributed by atoms with van der Waals surface area (Å²) in [5, 5.41) is 2.98. The standard InChI is InChI=1S/C12H14N4O/c1-13-12-11(17-2)10(15-8-16-12)6-9-4-3-5-14-7-9/h3-5,7-8H,6H2,1-2H3,(H,13,15,16). The van der Waals surface area contributed by atoms with E-state index in [-0.39, 0.29) is 0 Å². The van der Waals surface area contributed by atoms with Gasteiger partial charge < -0.3 is 10.1 Å². The molecule has 0 bridgehead atoms. The van der Waals surface area contributed by atoms with Gasteiger partial charge in [0.1, 0.15) is 6.33 Å². The van der Waals surface area contributed by atoms with Crippen LogP contribution in [0.1, 0.15) is 11.3 Å². The first kappa shape index (κ1) is 11.3. The molecule has 2 rings (SSSR count). The van der Waals surface area contributed by atoms with E-state index in [2.05, 4.69) is 20.3 Å². The van der Waals surface area contributed by atoms with E-state index in [1.54, 1.807) is 20.4 Å². The summed E-state index contributed by atoms with van der Waals surface area (Å²) in [7, 11) is 3.42. The van der Waals surface area contributed by atoms with Gasteiger partial charge in [-0.1, -0.05) is 6.07 Å². The molecule has 0 aliphatic heterocycles. The molecule has 2 heterocycles. The molecule has 0 unspecified atom stereocenters. The Morgan fingerprint density at radius 3 is 2.88 bits per heavy atom. The first-order chi connectivity index (χ1) is 8.35. The van der Waals surface area contributed by atoms with Crippen LogP contribution in [0.4, 0.5) is 5.82 Å². The molecule has 5 nitrogen and oxygen atoms in total. The molecular formula is C12H14N4O. The number of anilines is 1. The molecule has 0 spiro atoms. The second-order valence-corrected chi connectivity index (χ2v) is 3.49. The SMILES string of the molecule is CNc1ncnc(Cc2cccnc2)c1OC. The van der Waals surface area contributed by atoms with Gasteiger partial charge in [0, 0.05) is 25.9 Å². The molecule has 5 heteroatoms. The van der Waals surface area contributed by atoms with Crippen molar-refractivity contribution in [3.05, 3.63) is 42.1 Å². The average molecular weight is 230 g/mol. The number of hydrogen-bond acceptors (Lipinski definition) is 5. The monoisotopic (exact) mass is 230 g/mol. The van der Waals surface area contributed by atoms with Crippen LogP contribution in [0.25, 0.3) is 0 Å². The normalized spacial score (nSPS) is 10.0. The topological polar surface area (TPSA) is 59.9 Å². The van der Waals surface area contributed by atoms with Crippen LogP contribution in [0.3, 0.4) is 0 Å². The number of methoxy groups -OCH3 is 1. The highest BCUT2D eigenvalue weighted by molar-refractivity contribution is 5.52. The van der Waals surface area contributed by atoms with Crippen LogP contribution in [0.2, 0.25) is 0 Å². The number of aromatic nitrogens is 3. The highest BCUT2D eigenvalue weighted by Gasteiger charge is 2.11. The van der Waals surface area contributed by atoms with E-state index in [4.69, 9.17) is 4.74 Å². The Kier molecular flexibility index (Phi) is 3.49. The fraction of sp³-hybridized carbons (Fsp3) is 0.250. The predicted molar refractivity (Wildman–Crippen MR) is 65.2 cm³/mol. The Labute approximate surface area is 99.9 Å². The molecular weight excluding hydrogens is 216 g/mol. The molecule has 0 fully saturated rings. The third kappa shape index (κ3) is 2.50. The van der Waals surface area contributed by atoms with Gasteiger partial charge in [0.25, 0.3) is 0 Å². The Balaban J connectivity index is 2.33. The molecule has 0 aliphatic carbocycles. The maximum atomic E-state index is 5.33. The molecule has 0 amide bonds. The summed E-state index contributed by atoms with van der Waals surface area (Å²) in [6.45, 7) is 0. The zero-order valence-corrected chi connectivity index (χ0v) is 9.84. The second-order valence-electron chi connectivity index (χ2n) is 3.49. The summed E-state index contributed by atoms with van der Waals surface area (Å²) in [6.07, 6.45) is 5.77. The smallest absolute Gasteiger partial charge is 0.183 e. The van der Waals surface area contributed by atoms with Crippen LogP contribution < -0.4 is 10.1 Å². The Bertz CT molecular complexity index is 487. The maximum Gasteiger partial charge on any atom is 0.183 e. The lowest BCUT2D eigenvalue weighted by molar-refractivity contribution is 0.408. The van der Waals surface area contributed by atoms with E-state index in [0.717, 1.165) is 11.3 Å². The average Bonchev–Trinajstić information content (AvgIpc) is 2.39. The van der Waals surface area contributed by atoms with Gasteiger partial charge in [0.15, 0.2) is 11.6 Å². The summed E-state index contributed by atoms with van der Waals surface area (Å²) in [5.41, 5.74) is 1.94. The number of rotatable bonds is 4. The number of nitrogens with one attached hydrogen (secondary N) is 1. The lowest BCUT2D eigenvalue weighted by Crippen LogP contribution is -2.03. The minimum atomic E-state index is 0.675. The van der Waals surface area contributed by atoms with E-state index >= 15 is 0 Å². The van der Waals surface area contributed by atoms with E-state index in [1.165, 1.54) is 6.33 Å². The van der Waals surface area contributed by atoms with Crippen molar-refractivity contribution < 1.29 is 4.74 Å². The lowest BCUT2D eigenvalue weighted by atomic mass is 10.1. The fourth-order valence-electron chi connectivity index (χ4n) is 1.62. The molecule has 17 heavy (non-hydrogen) atoms. The van der Waals surface area contributed by atoms with Gasteiger partial charge in [0.05, 0.1) is 12.8 Å². The molecule has 1 N–H and O–H groups in total. The minimum Gasteiger partial charge on any atom is -0.491 e. The Hall–Kier alpha value is -2.17. The molecule has 0 atom stereocenters. The molecule has 2 aromatic heterocycles. The second kappa shape index (κ2) is 5.25. The highest BCUT2D eigenvalue weighted by atomic mass is 16.5. The van der Waals surface area contributed by atoms with Crippen molar-refractivity contribution in [2.75, 3.05) is 19.5 Å². The molecule has 0 radical (unpaired) electrons. The van der Waals surface area contributed by atoms with Crippen molar-refractivity contribution in [3.63, 3.8) is 0 Å². The summed E-state index contributed by atoms with van der Waals surface area (Å²) in [6, 6.07) is 3.91. The van der Waals surface area contributed by atoms with Crippen LogP contribution in [-0.4, -0.2) is 29.1 Å². The number of pyridine rings is 1. The van der Waals surface area contributed by atoms with Gasteiger partial charge in [-0.3, -0.25) is 4.98 Å². The van der Waals surface area contributed by atoms with Crippen LogP contribution >= 0.6 is 0 Å². The maximum absolute atomic E-state index is 5.33. The molecule has 2 aromatic rings. The van der Waals surface area contributed by atoms with Crippen molar-refractivity contribution in [2.45, 2.75) is 6.42 Å². The zero-order chi connectivity index (χ0) is 12.1. The van der Waals surface area contributed by atoms with E-state index < -0.39 is 0 Å². The molecule has 88 valence electrons. The Morgan fingerprint density at radius 1 is 1.35 bits per heavy atom. The van der Waals surface area contributed by atoms with Crippen LogP contribution in [0.5, 0.6) is 5.75 Å². The van der Waals surface area contributed by atoms with Crippen molar-refractivity contribution in [1.29, 1.82) is 0 Å². The lowest BCUT2D eigenvalue weighted by Gasteiger charge is -2.10. The van der Waals surface area contributed by atoms with Crippen LogP contribution in [0, 0.1) is 0 Å². The first-order valence-corrected chi connectivity index (χ1v) is 5.29. The van der Waals surface area contributed by atoms with Crippen LogP contribution in [0.15, 0.2) is 30.9 Å².